The summed E-state index contributed by atoms with van der Waals surface area (Å²) < 4.78 is 2.21. The number of rotatable bonds is 5. The quantitative estimate of drug-likeness (QED) is 0.839. The number of thiazole rings is 1. The minimum absolute atomic E-state index is 0.152. The first-order chi connectivity index (χ1) is 8.67. The van der Waals surface area contributed by atoms with E-state index in [1.54, 1.807) is 11.3 Å². The van der Waals surface area contributed by atoms with Gasteiger partial charge in [0.2, 0.25) is 0 Å². The topological polar surface area (TPSA) is 29.3 Å². The van der Waals surface area contributed by atoms with E-state index in [1.807, 2.05) is 0 Å². The molecule has 4 heteroatoms. The zero-order valence-corrected chi connectivity index (χ0v) is 12.0. The van der Waals surface area contributed by atoms with Crippen LogP contribution in [0.15, 0.2) is 5.38 Å². The van der Waals surface area contributed by atoms with Crippen molar-refractivity contribution < 1.29 is 0 Å². The lowest BCUT2D eigenvalue weighted by Crippen LogP contribution is -2.27. The highest BCUT2D eigenvalue weighted by Gasteiger charge is 2.13. The molecule has 0 radical (unpaired) electrons. The van der Waals surface area contributed by atoms with Crippen molar-refractivity contribution in [3.8, 4) is 12.3 Å². The Kier molecular flexibility index (Phi) is 4.05. The zero-order chi connectivity index (χ0) is 13.1. The smallest absolute Gasteiger partial charge is 0.194 e. The average molecular weight is 261 g/mol. The van der Waals surface area contributed by atoms with Gasteiger partial charge in [0.25, 0.3) is 0 Å². The number of fused-ring (bicyclic) bond motifs is 1. The molecule has 3 nitrogen and oxygen atoms in total. The minimum Gasteiger partial charge on any atom is -0.298 e. The summed E-state index contributed by atoms with van der Waals surface area (Å²) in [5, 5.41) is 5.57. The van der Waals surface area contributed by atoms with E-state index < -0.39 is 0 Å². The van der Waals surface area contributed by atoms with Gasteiger partial charge >= 0.3 is 0 Å². The Bertz CT molecular complexity index is 574. The maximum atomic E-state index is 5.53. The van der Waals surface area contributed by atoms with Crippen LogP contribution in [0.2, 0.25) is 0 Å². The first-order valence-corrected chi connectivity index (χ1v) is 7.16. The Morgan fingerprint density at radius 2 is 2.33 bits per heavy atom. The van der Waals surface area contributed by atoms with Crippen molar-refractivity contribution >= 4 is 16.3 Å². The van der Waals surface area contributed by atoms with Gasteiger partial charge in [-0.15, -0.1) is 17.8 Å². The minimum atomic E-state index is 0.152. The zero-order valence-electron chi connectivity index (χ0n) is 11.2. The number of nitrogens with zero attached hydrogens (tertiary/aromatic N) is 2. The van der Waals surface area contributed by atoms with E-state index in [1.165, 1.54) is 11.4 Å². The van der Waals surface area contributed by atoms with E-state index in [4.69, 9.17) is 6.42 Å². The second-order valence-corrected chi connectivity index (χ2v) is 5.36. The van der Waals surface area contributed by atoms with Gasteiger partial charge in [0.15, 0.2) is 4.96 Å². The van der Waals surface area contributed by atoms with Crippen molar-refractivity contribution in [3.63, 3.8) is 0 Å². The normalized spacial score (nSPS) is 12.8. The van der Waals surface area contributed by atoms with Gasteiger partial charge in [-0.05, 0) is 20.3 Å². The Labute approximate surface area is 112 Å². The number of aromatic nitrogens is 2. The fraction of sp³-hybridized carbons (Fsp3) is 0.500. The molecule has 1 atom stereocenters. The number of imidazole rings is 1. The predicted octanol–water partition coefficient (Wildman–Crippen LogP) is 2.90. The molecular formula is C14H19N3S. The molecule has 0 fully saturated rings. The maximum Gasteiger partial charge on any atom is 0.194 e. The number of nitrogens with one attached hydrogen (secondary N) is 1. The van der Waals surface area contributed by atoms with E-state index in [-0.39, 0.29) is 6.04 Å². The molecule has 2 heterocycles. The standard InChI is InChI=1S/C14H19N3S/c1-5-7-12(6-2)15-8-13-11(4)16-14-17(13)10(3)9-18-14/h2,9,12,15H,5,7-8H2,1,3-4H3. The molecule has 0 aliphatic carbocycles. The van der Waals surface area contributed by atoms with Crippen LogP contribution in [0.3, 0.4) is 0 Å². The number of terminal acetylenes is 1. The van der Waals surface area contributed by atoms with Crippen molar-refractivity contribution in [1.82, 2.24) is 14.7 Å². The summed E-state index contributed by atoms with van der Waals surface area (Å²) in [5.74, 6) is 2.80. The second kappa shape index (κ2) is 5.55. The van der Waals surface area contributed by atoms with Gasteiger partial charge in [0.05, 0.1) is 17.4 Å². The lowest BCUT2D eigenvalue weighted by Gasteiger charge is -2.12. The van der Waals surface area contributed by atoms with E-state index in [9.17, 15) is 0 Å². The summed E-state index contributed by atoms with van der Waals surface area (Å²) in [5.41, 5.74) is 3.55. The van der Waals surface area contributed by atoms with Crippen LogP contribution in [0.25, 0.3) is 4.96 Å². The molecule has 0 amide bonds. The van der Waals surface area contributed by atoms with Crippen LogP contribution in [0.5, 0.6) is 0 Å². The second-order valence-electron chi connectivity index (χ2n) is 4.53. The largest absolute Gasteiger partial charge is 0.298 e. The van der Waals surface area contributed by atoms with Crippen molar-refractivity contribution in [2.45, 2.75) is 46.2 Å². The number of hydrogen-bond acceptors (Lipinski definition) is 3. The van der Waals surface area contributed by atoms with Crippen LogP contribution < -0.4 is 5.32 Å². The van der Waals surface area contributed by atoms with Crippen molar-refractivity contribution in [1.29, 1.82) is 0 Å². The Hall–Kier alpha value is -1.31. The van der Waals surface area contributed by atoms with Crippen LogP contribution in [-0.2, 0) is 6.54 Å². The first-order valence-electron chi connectivity index (χ1n) is 6.29. The van der Waals surface area contributed by atoms with E-state index >= 15 is 0 Å². The highest BCUT2D eigenvalue weighted by atomic mass is 32.1. The third kappa shape index (κ3) is 2.43. The summed E-state index contributed by atoms with van der Waals surface area (Å²) in [6.45, 7) is 7.09. The molecule has 0 saturated carbocycles. The summed E-state index contributed by atoms with van der Waals surface area (Å²) in [4.78, 5) is 5.64. The van der Waals surface area contributed by atoms with Crippen LogP contribution in [0.1, 0.15) is 36.8 Å². The SMILES string of the molecule is C#CC(CCC)NCc1c(C)nc2scc(C)n12. The summed E-state index contributed by atoms with van der Waals surface area (Å²) in [6, 6.07) is 0.152. The molecule has 0 saturated heterocycles. The lowest BCUT2D eigenvalue weighted by molar-refractivity contribution is 0.554. The van der Waals surface area contributed by atoms with Gasteiger partial charge in [0.1, 0.15) is 0 Å². The van der Waals surface area contributed by atoms with Gasteiger partial charge in [-0.25, -0.2) is 4.98 Å². The van der Waals surface area contributed by atoms with E-state index in [2.05, 4.69) is 46.8 Å². The van der Waals surface area contributed by atoms with Gasteiger partial charge in [-0.3, -0.25) is 9.72 Å². The molecule has 0 aliphatic rings. The van der Waals surface area contributed by atoms with Crippen molar-refractivity contribution in [3.05, 3.63) is 22.5 Å². The lowest BCUT2D eigenvalue weighted by atomic mass is 10.2. The molecule has 18 heavy (non-hydrogen) atoms. The van der Waals surface area contributed by atoms with Crippen LogP contribution in [0, 0.1) is 26.2 Å². The summed E-state index contributed by atoms with van der Waals surface area (Å²) in [6.07, 6.45) is 7.64. The Morgan fingerprint density at radius 1 is 1.56 bits per heavy atom. The average Bonchev–Trinajstić information content (AvgIpc) is 2.85. The molecule has 0 aliphatic heterocycles. The first kappa shape index (κ1) is 13.1. The highest BCUT2D eigenvalue weighted by Crippen LogP contribution is 2.20. The predicted molar refractivity (Wildman–Crippen MR) is 76.9 cm³/mol. The Morgan fingerprint density at radius 3 is 3.00 bits per heavy atom. The van der Waals surface area contributed by atoms with Crippen LogP contribution in [-0.4, -0.2) is 15.4 Å². The maximum absolute atomic E-state index is 5.53. The van der Waals surface area contributed by atoms with Crippen molar-refractivity contribution in [2.24, 2.45) is 0 Å². The molecule has 1 unspecified atom stereocenters. The number of aryl methyl sites for hydroxylation is 2. The molecule has 0 aromatic carbocycles. The van der Waals surface area contributed by atoms with Gasteiger partial charge in [-0.1, -0.05) is 19.3 Å². The molecule has 2 aromatic heterocycles. The van der Waals surface area contributed by atoms with Crippen LogP contribution in [0.4, 0.5) is 0 Å². The van der Waals surface area contributed by atoms with Crippen LogP contribution >= 0.6 is 11.3 Å². The van der Waals surface area contributed by atoms with E-state index in [0.29, 0.717) is 0 Å². The van der Waals surface area contributed by atoms with Crippen molar-refractivity contribution in [2.75, 3.05) is 0 Å². The molecule has 0 spiro atoms. The van der Waals surface area contributed by atoms with Gasteiger partial charge < -0.3 is 0 Å². The fourth-order valence-corrected chi connectivity index (χ4v) is 3.06. The molecular weight excluding hydrogens is 242 g/mol. The summed E-state index contributed by atoms with van der Waals surface area (Å²) in [7, 11) is 0. The Balaban J connectivity index is 2.18. The highest BCUT2D eigenvalue weighted by molar-refractivity contribution is 7.15. The fourth-order valence-electron chi connectivity index (χ4n) is 2.13. The molecule has 0 bridgehead atoms. The number of hydrogen-bond donors (Lipinski definition) is 1. The third-order valence-corrected chi connectivity index (χ3v) is 4.07. The van der Waals surface area contributed by atoms with E-state index in [0.717, 1.165) is 30.0 Å². The molecule has 2 aromatic rings. The summed E-state index contributed by atoms with van der Waals surface area (Å²) >= 11 is 1.68. The van der Waals surface area contributed by atoms with Gasteiger partial charge in [-0.2, -0.15) is 0 Å². The van der Waals surface area contributed by atoms with Gasteiger partial charge in [0, 0.05) is 17.6 Å². The molecule has 1 N–H and O–H groups in total. The monoisotopic (exact) mass is 261 g/mol. The molecule has 2 rings (SSSR count). The third-order valence-electron chi connectivity index (χ3n) is 3.12. The molecule has 96 valence electrons.